The van der Waals surface area contributed by atoms with Crippen LogP contribution in [-0.2, 0) is 22.4 Å². The first kappa shape index (κ1) is 21.9. The zero-order chi connectivity index (χ0) is 21.3. The number of likely N-dealkylation sites (tertiary alicyclic amines) is 1. The summed E-state index contributed by atoms with van der Waals surface area (Å²) in [6, 6.07) is 4.28. The average molecular weight is 435 g/mol. The molecule has 5 nitrogen and oxygen atoms in total. The van der Waals surface area contributed by atoms with Crippen LogP contribution in [-0.4, -0.2) is 54.3 Å². The maximum atomic E-state index is 12.8. The Kier molecular flexibility index (Phi) is 6.61. The Morgan fingerprint density at radius 2 is 1.97 bits per heavy atom. The smallest absolute Gasteiger partial charge is 0.410 e. The molecule has 1 unspecified atom stereocenters. The summed E-state index contributed by atoms with van der Waals surface area (Å²) >= 11 is 6.56. The molecule has 166 valence electrons. The highest BCUT2D eigenvalue weighted by atomic mass is 35.5. The average Bonchev–Trinajstić information content (AvgIpc) is 3.16. The minimum Gasteiger partial charge on any atom is -0.444 e. The lowest BCUT2D eigenvalue weighted by molar-refractivity contribution is 0.0223. The molecule has 2 saturated heterocycles. The summed E-state index contributed by atoms with van der Waals surface area (Å²) in [6.07, 6.45) is 5.10. The van der Waals surface area contributed by atoms with E-state index < -0.39 is 5.60 Å². The molecule has 3 aliphatic heterocycles. The lowest BCUT2D eigenvalue weighted by Gasteiger charge is -2.36. The number of amides is 1. The van der Waals surface area contributed by atoms with E-state index in [9.17, 15) is 4.79 Å². The topological polar surface area (TPSA) is 42.0 Å². The number of benzene rings is 1. The molecule has 0 spiro atoms. The van der Waals surface area contributed by atoms with E-state index in [1.807, 2.05) is 25.7 Å². The van der Waals surface area contributed by atoms with Crippen molar-refractivity contribution in [2.45, 2.75) is 71.1 Å². The Morgan fingerprint density at radius 1 is 1.20 bits per heavy atom. The largest absolute Gasteiger partial charge is 0.444 e. The molecule has 1 atom stereocenters. The Balaban J connectivity index is 1.52. The van der Waals surface area contributed by atoms with Crippen LogP contribution >= 0.6 is 11.6 Å². The molecular weight excluding hydrogens is 400 g/mol. The van der Waals surface area contributed by atoms with E-state index in [0.717, 1.165) is 82.4 Å². The molecule has 6 heteroatoms. The van der Waals surface area contributed by atoms with Gasteiger partial charge >= 0.3 is 6.09 Å². The van der Waals surface area contributed by atoms with Crippen LogP contribution in [0.5, 0.6) is 0 Å². The minimum absolute atomic E-state index is 0.0642. The second kappa shape index (κ2) is 9.05. The SMILES string of the molecule is CC(C)(C)OC(=O)N1CCCC1c1cc(Cl)cc2c1CCN(CC1CCOCC1)C2. The van der Waals surface area contributed by atoms with Crippen LogP contribution in [0.2, 0.25) is 5.02 Å². The minimum atomic E-state index is -0.483. The molecule has 0 saturated carbocycles. The van der Waals surface area contributed by atoms with Crippen molar-refractivity contribution >= 4 is 17.7 Å². The number of hydrogen-bond donors (Lipinski definition) is 0. The van der Waals surface area contributed by atoms with Crippen molar-refractivity contribution < 1.29 is 14.3 Å². The Labute approximate surface area is 185 Å². The van der Waals surface area contributed by atoms with E-state index in [1.54, 1.807) is 0 Å². The van der Waals surface area contributed by atoms with Crippen LogP contribution in [0.4, 0.5) is 4.79 Å². The Bertz CT molecular complexity index is 770. The number of fused-ring (bicyclic) bond motifs is 1. The van der Waals surface area contributed by atoms with E-state index in [1.165, 1.54) is 16.7 Å². The van der Waals surface area contributed by atoms with Crippen LogP contribution in [0.1, 0.15) is 69.2 Å². The first-order chi connectivity index (χ1) is 14.3. The lowest BCUT2D eigenvalue weighted by atomic mass is 9.89. The highest BCUT2D eigenvalue weighted by Gasteiger charge is 2.35. The zero-order valence-corrected chi connectivity index (χ0v) is 19.3. The van der Waals surface area contributed by atoms with Crippen molar-refractivity contribution in [1.82, 2.24) is 9.80 Å². The third-order valence-corrected chi connectivity index (χ3v) is 6.73. The van der Waals surface area contributed by atoms with Crippen molar-refractivity contribution in [3.63, 3.8) is 0 Å². The fourth-order valence-electron chi connectivity index (χ4n) is 5.13. The molecule has 0 aliphatic carbocycles. The molecular formula is C24H35ClN2O3. The monoisotopic (exact) mass is 434 g/mol. The molecule has 30 heavy (non-hydrogen) atoms. The van der Waals surface area contributed by atoms with E-state index in [4.69, 9.17) is 21.1 Å². The van der Waals surface area contributed by atoms with Gasteiger partial charge in [0.15, 0.2) is 0 Å². The summed E-state index contributed by atoms with van der Waals surface area (Å²) in [4.78, 5) is 17.3. The summed E-state index contributed by atoms with van der Waals surface area (Å²) in [7, 11) is 0. The van der Waals surface area contributed by atoms with Crippen molar-refractivity contribution in [3.8, 4) is 0 Å². The number of carbonyl (C=O) groups excluding carboxylic acids is 1. The number of nitrogens with zero attached hydrogens (tertiary/aromatic N) is 2. The normalized spacial score (nSPS) is 23.5. The maximum Gasteiger partial charge on any atom is 0.410 e. The van der Waals surface area contributed by atoms with E-state index in [2.05, 4.69) is 17.0 Å². The highest BCUT2D eigenvalue weighted by molar-refractivity contribution is 6.30. The maximum absolute atomic E-state index is 12.8. The van der Waals surface area contributed by atoms with Crippen molar-refractivity contribution in [2.24, 2.45) is 5.92 Å². The molecule has 0 aromatic heterocycles. The lowest BCUT2D eigenvalue weighted by Crippen LogP contribution is -2.38. The van der Waals surface area contributed by atoms with Gasteiger partial charge in [-0.2, -0.15) is 0 Å². The predicted octanol–water partition coefficient (Wildman–Crippen LogP) is 5.20. The second-order valence-corrected chi connectivity index (χ2v) is 10.4. The summed E-state index contributed by atoms with van der Waals surface area (Å²) in [5.41, 5.74) is 3.46. The summed E-state index contributed by atoms with van der Waals surface area (Å²) in [6.45, 7) is 11.5. The van der Waals surface area contributed by atoms with Crippen LogP contribution < -0.4 is 0 Å². The molecule has 3 aliphatic rings. The third-order valence-electron chi connectivity index (χ3n) is 6.51. The van der Waals surface area contributed by atoms with Crippen LogP contribution in [0.25, 0.3) is 0 Å². The van der Waals surface area contributed by atoms with Crippen molar-refractivity contribution in [3.05, 3.63) is 33.8 Å². The predicted molar refractivity (Wildman–Crippen MR) is 119 cm³/mol. The molecule has 1 aromatic rings. The van der Waals surface area contributed by atoms with Gasteiger partial charge in [0.2, 0.25) is 0 Å². The number of hydrogen-bond acceptors (Lipinski definition) is 4. The molecule has 3 heterocycles. The van der Waals surface area contributed by atoms with Gasteiger partial charge in [0.05, 0.1) is 6.04 Å². The quantitative estimate of drug-likeness (QED) is 0.655. The first-order valence-corrected chi connectivity index (χ1v) is 11.8. The van der Waals surface area contributed by atoms with E-state index in [0.29, 0.717) is 0 Å². The third kappa shape index (κ3) is 5.12. The van der Waals surface area contributed by atoms with Crippen LogP contribution in [0.3, 0.4) is 0 Å². The molecule has 1 aromatic carbocycles. The molecule has 2 fully saturated rings. The highest BCUT2D eigenvalue weighted by Crippen LogP contribution is 2.39. The Morgan fingerprint density at radius 3 is 2.70 bits per heavy atom. The number of ether oxygens (including phenoxy) is 2. The fourth-order valence-corrected chi connectivity index (χ4v) is 5.38. The van der Waals surface area contributed by atoms with Crippen molar-refractivity contribution in [2.75, 3.05) is 32.8 Å². The number of rotatable bonds is 3. The summed E-state index contributed by atoms with van der Waals surface area (Å²) in [5, 5.41) is 0.771. The number of halogens is 1. The second-order valence-electron chi connectivity index (χ2n) is 10.0. The van der Waals surface area contributed by atoms with Gasteiger partial charge in [-0.1, -0.05) is 11.6 Å². The molecule has 4 rings (SSSR count). The van der Waals surface area contributed by atoms with Crippen molar-refractivity contribution in [1.29, 1.82) is 0 Å². The van der Waals surface area contributed by atoms with Gasteiger partial charge in [0, 0.05) is 44.4 Å². The van der Waals surface area contributed by atoms with Crippen LogP contribution in [0, 0.1) is 5.92 Å². The van der Waals surface area contributed by atoms with Gasteiger partial charge in [0.25, 0.3) is 0 Å². The van der Waals surface area contributed by atoms with Crippen LogP contribution in [0.15, 0.2) is 12.1 Å². The first-order valence-electron chi connectivity index (χ1n) is 11.4. The number of carbonyl (C=O) groups is 1. The molecule has 1 amide bonds. The molecule has 0 N–H and O–H groups in total. The van der Waals surface area contributed by atoms with Gasteiger partial charge in [0.1, 0.15) is 5.60 Å². The Hall–Kier alpha value is -1.30. The van der Waals surface area contributed by atoms with E-state index in [-0.39, 0.29) is 12.1 Å². The fraction of sp³-hybridized carbons (Fsp3) is 0.708. The molecule has 0 radical (unpaired) electrons. The summed E-state index contributed by atoms with van der Waals surface area (Å²) < 4.78 is 11.2. The van der Waals surface area contributed by atoms with E-state index >= 15 is 0 Å². The standard InChI is InChI=1S/C24H35ClN2O3/c1-24(2,3)30-23(28)27-9-4-5-22(27)21-14-19(25)13-18-16-26(10-6-20(18)21)15-17-7-11-29-12-8-17/h13-14,17,22H,4-12,15-16H2,1-3H3. The summed E-state index contributed by atoms with van der Waals surface area (Å²) in [5.74, 6) is 0.733. The van der Waals surface area contributed by atoms with Gasteiger partial charge in [-0.25, -0.2) is 4.79 Å². The van der Waals surface area contributed by atoms with Gasteiger partial charge in [-0.15, -0.1) is 0 Å². The van der Waals surface area contributed by atoms with Gasteiger partial charge in [-0.05, 0) is 87.6 Å². The van der Waals surface area contributed by atoms with Gasteiger partial charge in [-0.3, -0.25) is 4.90 Å². The zero-order valence-electron chi connectivity index (χ0n) is 18.6. The van der Waals surface area contributed by atoms with Gasteiger partial charge < -0.3 is 14.4 Å². The molecule has 0 bridgehead atoms.